The summed E-state index contributed by atoms with van der Waals surface area (Å²) < 4.78 is 68.7. The topological polar surface area (TPSA) is 237 Å². The molecule has 17 nitrogen and oxygen atoms in total. The predicted octanol–water partition coefficient (Wildman–Crippen LogP) is 24.3. The van der Waals surface area contributed by atoms with Crippen molar-refractivity contribution in [3.05, 3.63) is 0 Å². The van der Waals surface area contributed by atoms with Gasteiger partial charge in [0.05, 0.1) is 26.4 Å². The summed E-state index contributed by atoms with van der Waals surface area (Å²) in [5.41, 5.74) is 0. The number of ether oxygens (including phenoxy) is 4. The average molecular weight is 1470 g/mol. The molecule has 0 aliphatic carbocycles. The molecule has 0 spiro atoms. The quantitative estimate of drug-likeness (QED) is 0.0222. The summed E-state index contributed by atoms with van der Waals surface area (Å²) in [5, 5.41) is 10.6. The van der Waals surface area contributed by atoms with Crippen molar-refractivity contribution in [1.29, 1.82) is 0 Å². The van der Waals surface area contributed by atoms with Crippen molar-refractivity contribution < 1.29 is 80.2 Å². The Morgan fingerprint density at radius 3 is 0.710 bits per heavy atom. The van der Waals surface area contributed by atoms with Crippen molar-refractivity contribution in [1.82, 2.24) is 0 Å². The molecule has 594 valence electrons. The monoisotopic (exact) mass is 1470 g/mol. The van der Waals surface area contributed by atoms with Crippen LogP contribution in [0.15, 0.2) is 0 Å². The number of carbonyl (C=O) groups excluding carboxylic acids is 4. The Labute approximate surface area is 613 Å². The van der Waals surface area contributed by atoms with Gasteiger partial charge in [0.15, 0.2) is 12.2 Å². The normalized spacial score (nSPS) is 14.4. The van der Waals surface area contributed by atoms with E-state index < -0.39 is 97.5 Å². The van der Waals surface area contributed by atoms with Gasteiger partial charge >= 0.3 is 39.5 Å². The molecule has 3 N–H and O–H groups in total. The first-order valence-electron chi connectivity index (χ1n) is 42.1. The van der Waals surface area contributed by atoms with Crippen LogP contribution in [0.1, 0.15) is 427 Å². The van der Waals surface area contributed by atoms with E-state index in [2.05, 4.69) is 41.5 Å². The van der Waals surface area contributed by atoms with Gasteiger partial charge in [-0.1, -0.05) is 375 Å². The Morgan fingerprint density at radius 1 is 0.280 bits per heavy atom. The van der Waals surface area contributed by atoms with Gasteiger partial charge in [-0.05, 0) is 37.5 Å². The van der Waals surface area contributed by atoms with Crippen LogP contribution in [0.25, 0.3) is 0 Å². The number of aliphatic hydroxyl groups excluding tert-OH is 1. The lowest BCUT2D eigenvalue weighted by atomic mass is 9.99. The molecule has 0 saturated heterocycles. The van der Waals surface area contributed by atoms with Gasteiger partial charge in [0.2, 0.25) is 0 Å². The first-order valence-corrected chi connectivity index (χ1v) is 45.1. The van der Waals surface area contributed by atoms with Gasteiger partial charge in [-0.2, -0.15) is 0 Å². The number of phosphoric ester groups is 2. The zero-order chi connectivity index (χ0) is 73.5. The molecule has 0 saturated carbocycles. The van der Waals surface area contributed by atoms with E-state index in [-0.39, 0.29) is 25.7 Å². The molecule has 0 aromatic rings. The van der Waals surface area contributed by atoms with E-state index >= 15 is 0 Å². The van der Waals surface area contributed by atoms with Gasteiger partial charge in [0, 0.05) is 25.7 Å². The van der Waals surface area contributed by atoms with Crippen LogP contribution in [0, 0.1) is 11.8 Å². The molecule has 0 fully saturated rings. The Bertz CT molecular complexity index is 1930. The van der Waals surface area contributed by atoms with Crippen molar-refractivity contribution in [2.45, 2.75) is 445 Å². The average Bonchev–Trinajstić information content (AvgIpc) is 1.92. The third kappa shape index (κ3) is 71.7. The van der Waals surface area contributed by atoms with Crippen molar-refractivity contribution in [2.75, 3.05) is 39.6 Å². The summed E-state index contributed by atoms with van der Waals surface area (Å²) >= 11 is 0. The Morgan fingerprint density at radius 2 is 0.480 bits per heavy atom. The fourth-order valence-electron chi connectivity index (χ4n) is 12.5. The highest BCUT2D eigenvalue weighted by atomic mass is 31.2. The molecular weight excluding hydrogens is 1310 g/mol. The van der Waals surface area contributed by atoms with E-state index in [1.807, 2.05) is 0 Å². The van der Waals surface area contributed by atoms with Crippen molar-refractivity contribution in [3.8, 4) is 0 Å². The molecule has 0 aliphatic rings. The first kappa shape index (κ1) is 98.1. The van der Waals surface area contributed by atoms with Gasteiger partial charge in [-0.3, -0.25) is 37.3 Å². The lowest BCUT2D eigenvalue weighted by Gasteiger charge is -2.21. The number of hydrogen-bond acceptors (Lipinski definition) is 15. The molecule has 0 bridgehead atoms. The molecule has 100 heavy (non-hydrogen) atoms. The number of unbranched alkanes of at least 4 members (excludes halogenated alkanes) is 48. The molecule has 0 aliphatic heterocycles. The number of aliphatic hydroxyl groups is 1. The summed E-state index contributed by atoms with van der Waals surface area (Å²) in [6.07, 6.45) is 62.4. The number of hydrogen-bond donors (Lipinski definition) is 3. The molecule has 0 amide bonds. The van der Waals surface area contributed by atoms with Crippen LogP contribution in [-0.4, -0.2) is 96.7 Å². The molecule has 0 aromatic carbocycles. The van der Waals surface area contributed by atoms with Crippen LogP contribution < -0.4 is 0 Å². The third-order valence-corrected chi connectivity index (χ3v) is 21.6. The number of rotatable bonds is 80. The van der Waals surface area contributed by atoms with Crippen LogP contribution >= 0.6 is 15.6 Å². The second-order valence-corrected chi connectivity index (χ2v) is 32.6. The second-order valence-electron chi connectivity index (χ2n) is 29.6. The van der Waals surface area contributed by atoms with Crippen LogP contribution in [0.2, 0.25) is 0 Å². The summed E-state index contributed by atoms with van der Waals surface area (Å²) in [7, 11) is -9.92. The Balaban J connectivity index is 5.21. The standard InChI is InChI=1S/C81H158O17P2/c1-7-11-13-15-17-19-21-23-24-30-33-37-40-44-51-57-63-78(83)91-69-76(97-81(86)66-60-54-46-42-38-34-31-28-26-25-27-29-32-35-39-43-49-55-61-73(5)9-3)71-95-99(87,88)93-67-75(82)68-94-100(89,90)96-72-77(70-92-79(84)64-58-52-48-47-50-56-62-74(6)10-4)98-80(85)65-59-53-45-41-36-22-20-18-16-14-12-8-2/h73-77,82H,7-72H2,1-6H3,(H,87,88)(H,89,90)/t73?,74?,75-,76-,77-/m1/s1. The van der Waals surface area contributed by atoms with Crippen molar-refractivity contribution in [3.63, 3.8) is 0 Å². The SMILES string of the molecule is CCCCCCCCCCCCCCCCCCC(=O)OC[C@H](COP(=O)(O)OC[C@@H](O)COP(=O)(O)OC[C@@H](COC(=O)CCCCCCCCC(C)CC)OC(=O)CCCCCCCCCCCCCC)OC(=O)CCCCCCCCCCCCCCCCCCCCC(C)CC. The summed E-state index contributed by atoms with van der Waals surface area (Å²) in [5.74, 6) is -0.507. The third-order valence-electron chi connectivity index (χ3n) is 19.7. The van der Waals surface area contributed by atoms with Gasteiger partial charge in [0.25, 0.3) is 0 Å². The highest BCUT2D eigenvalue weighted by Crippen LogP contribution is 2.45. The van der Waals surface area contributed by atoms with Crippen LogP contribution in [0.3, 0.4) is 0 Å². The maximum Gasteiger partial charge on any atom is 0.472 e. The lowest BCUT2D eigenvalue weighted by Crippen LogP contribution is -2.30. The zero-order valence-electron chi connectivity index (χ0n) is 65.5. The van der Waals surface area contributed by atoms with E-state index in [1.54, 1.807) is 0 Å². The van der Waals surface area contributed by atoms with E-state index in [0.29, 0.717) is 25.7 Å². The smallest absolute Gasteiger partial charge is 0.462 e. The molecule has 0 rings (SSSR count). The zero-order valence-corrected chi connectivity index (χ0v) is 67.3. The molecule has 0 radical (unpaired) electrons. The van der Waals surface area contributed by atoms with Crippen LogP contribution in [0.5, 0.6) is 0 Å². The maximum atomic E-state index is 13.1. The van der Waals surface area contributed by atoms with E-state index in [0.717, 1.165) is 108 Å². The van der Waals surface area contributed by atoms with Crippen molar-refractivity contribution >= 4 is 39.5 Å². The summed E-state index contributed by atoms with van der Waals surface area (Å²) in [6, 6.07) is 0. The Hall–Kier alpha value is -1.94. The van der Waals surface area contributed by atoms with E-state index in [9.17, 15) is 43.2 Å². The number of esters is 4. The molecule has 0 aromatic heterocycles. The lowest BCUT2D eigenvalue weighted by molar-refractivity contribution is -0.161. The first-order chi connectivity index (χ1) is 48.4. The van der Waals surface area contributed by atoms with Crippen LogP contribution in [-0.2, 0) is 65.4 Å². The molecule has 7 atom stereocenters. The largest absolute Gasteiger partial charge is 0.472 e. The van der Waals surface area contributed by atoms with Crippen LogP contribution in [0.4, 0.5) is 0 Å². The number of phosphoric acid groups is 2. The fraction of sp³-hybridized carbons (Fsp3) is 0.951. The maximum absolute atomic E-state index is 13.1. The minimum absolute atomic E-state index is 0.107. The second kappa shape index (κ2) is 72.6. The van der Waals surface area contributed by atoms with Gasteiger partial charge in [0.1, 0.15) is 19.3 Å². The molecular formula is C81H158O17P2. The summed E-state index contributed by atoms with van der Waals surface area (Å²) in [4.78, 5) is 73.0. The van der Waals surface area contributed by atoms with Gasteiger partial charge < -0.3 is 33.8 Å². The van der Waals surface area contributed by atoms with E-state index in [1.165, 1.54) is 238 Å². The number of carbonyl (C=O) groups is 4. The molecule has 19 heteroatoms. The molecule has 4 unspecified atom stereocenters. The highest BCUT2D eigenvalue weighted by Gasteiger charge is 2.30. The minimum atomic E-state index is -4.96. The van der Waals surface area contributed by atoms with Crippen molar-refractivity contribution in [2.24, 2.45) is 11.8 Å². The summed E-state index contributed by atoms with van der Waals surface area (Å²) in [6.45, 7) is 9.66. The Kier molecular flexibility index (Phi) is 71.2. The molecule has 0 heterocycles. The van der Waals surface area contributed by atoms with Gasteiger partial charge in [-0.25, -0.2) is 9.13 Å². The fourth-order valence-corrected chi connectivity index (χ4v) is 14.1. The van der Waals surface area contributed by atoms with Gasteiger partial charge in [-0.15, -0.1) is 0 Å². The minimum Gasteiger partial charge on any atom is -0.462 e. The predicted molar refractivity (Wildman–Crippen MR) is 409 cm³/mol. The highest BCUT2D eigenvalue weighted by molar-refractivity contribution is 7.47. The van der Waals surface area contributed by atoms with E-state index in [4.69, 9.17) is 37.0 Å².